The molecule has 4 nitrogen and oxygen atoms in total. The number of H-pyrrole nitrogens is 1. The number of rotatable bonds is 3. The third kappa shape index (κ3) is 2.02. The van der Waals surface area contributed by atoms with E-state index in [-0.39, 0.29) is 11.8 Å². The molecule has 2 N–H and O–H groups in total. The van der Waals surface area contributed by atoms with Crippen LogP contribution >= 0.6 is 0 Å². The summed E-state index contributed by atoms with van der Waals surface area (Å²) < 4.78 is 0. The highest BCUT2D eigenvalue weighted by Crippen LogP contribution is 2.17. The van der Waals surface area contributed by atoms with E-state index in [9.17, 15) is 4.79 Å². The molecule has 0 fully saturated rings. The topological polar surface area (TPSA) is 57.8 Å². The molecule has 1 aliphatic carbocycles. The van der Waals surface area contributed by atoms with Gasteiger partial charge in [0.1, 0.15) is 5.82 Å². The van der Waals surface area contributed by atoms with E-state index >= 15 is 0 Å². The van der Waals surface area contributed by atoms with Gasteiger partial charge in [0.15, 0.2) is 0 Å². The zero-order chi connectivity index (χ0) is 9.80. The predicted octanol–water partition coefficient (Wildman–Crippen LogP) is 0.992. The van der Waals surface area contributed by atoms with Gasteiger partial charge in [0.2, 0.25) is 5.91 Å². The molecule has 1 heterocycles. The Balaban J connectivity index is 1.78. The molecule has 1 aromatic rings. The molecule has 4 heteroatoms. The van der Waals surface area contributed by atoms with E-state index in [0.717, 1.165) is 18.7 Å². The van der Waals surface area contributed by atoms with Gasteiger partial charge < -0.3 is 10.3 Å². The average Bonchev–Trinajstić information content (AvgIpc) is 2.87. The minimum absolute atomic E-state index is 0.117. The van der Waals surface area contributed by atoms with E-state index in [4.69, 9.17) is 0 Å². The second-order valence-electron chi connectivity index (χ2n) is 3.39. The van der Waals surface area contributed by atoms with Crippen LogP contribution in [0.1, 0.15) is 18.7 Å². The molecule has 0 aromatic carbocycles. The Morgan fingerprint density at radius 1 is 1.57 bits per heavy atom. The highest BCUT2D eigenvalue weighted by Gasteiger charge is 2.18. The van der Waals surface area contributed by atoms with Crippen LogP contribution in [0.25, 0.3) is 0 Å². The Morgan fingerprint density at radius 3 is 3.00 bits per heavy atom. The summed E-state index contributed by atoms with van der Waals surface area (Å²) in [6.45, 7) is 0.488. The minimum Gasteiger partial charge on any atom is -0.349 e. The lowest BCUT2D eigenvalue weighted by Gasteiger charge is -2.08. The number of aromatic nitrogens is 2. The Bertz CT molecular complexity index is 321. The van der Waals surface area contributed by atoms with Gasteiger partial charge in [-0.1, -0.05) is 12.2 Å². The molecule has 0 unspecified atom stereocenters. The molecule has 0 saturated heterocycles. The van der Waals surface area contributed by atoms with Crippen molar-refractivity contribution < 1.29 is 4.79 Å². The number of aromatic amines is 1. The molecule has 0 atom stereocenters. The number of imidazole rings is 1. The highest BCUT2D eigenvalue weighted by molar-refractivity contribution is 5.79. The van der Waals surface area contributed by atoms with Gasteiger partial charge in [-0.25, -0.2) is 4.98 Å². The van der Waals surface area contributed by atoms with Crippen molar-refractivity contribution in [1.29, 1.82) is 0 Å². The smallest absolute Gasteiger partial charge is 0.224 e. The van der Waals surface area contributed by atoms with Crippen LogP contribution in [0.4, 0.5) is 0 Å². The van der Waals surface area contributed by atoms with Crippen molar-refractivity contribution in [3.05, 3.63) is 30.4 Å². The number of nitrogens with one attached hydrogen (secondary N) is 2. The largest absolute Gasteiger partial charge is 0.349 e. The molecule has 1 aliphatic rings. The minimum atomic E-state index is 0.117. The van der Waals surface area contributed by atoms with Gasteiger partial charge in [-0.05, 0) is 12.8 Å². The van der Waals surface area contributed by atoms with Gasteiger partial charge in [-0.15, -0.1) is 0 Å². The molecule has 0 bridgehead atoms. The van der Waals surface area contributed by atoms with Crippen molar-refractivity contribution >= 4 is 5.91 Å². The Hall–Kier alpha value is -1.58. The van der Waals surface area contributed by atoms with Crippen molar-refractivity contribution in [2.24, 2.45) is 5.92 Å². The zero-order valence-corrected chi connectivity index (χ0v) is 7.86. The fourth-order valence-electron chi connectivity index (χ4n) is 1.54. The molecule has 0 spiro atoms. The molecule has 0 saturated carbocycles. The summed E-state index contributed by atoms with van der Waals surface area (Å²) in [5, 5.41) is 2.85. The second kappa shape index (κ2) is 4.09. The van der Waals surface area contributed by atoms with Gasteiger partial charge >= 0.3 is 0 Å². The standard InChI is InChI=1S/C10H13N3O/c14-10(8-3-1-2-4-8)13-7-9-11-5-6-12-9/h1-2,5-6,8H,3-4,7H2,(H,11,12)(H,13,14). The fraction of sp³-hybridized carbons (Fsp3) is 0.400. The lowest BCUT2D eigenvalue weighted by Crippen LogP contribution is -2.29. The number of hydrogen-bond acceptors (Lipinski definition) is 2. The molecule has 1 amide bonds. The predicted molar refractivity (Wildman–Crippen MR) is 52.3 cm³/mol. The van der Waals surface area contributed by atoms with Crippen LogP contribution in [0.5, 0.6) is 0 Å². The van der Waals surface area contributed by atoms with Crippen molar-refractivity contribution in [2.45, 2.75) is 19.4 Å². The van der Waals surface area contributed by atoms with Gasteiger partial charge in [-0.2, -0.15) is 0 Å². The number of allylic oxidation sites excluding steroid dienone is 2. The number of nitrogens with zero attached hydrogens (tertiary/aromatic N) is 1. The monoisotopic (exact) mass is 191 g/mol. The van der Waals surface area contributed by atoms with Crippen LogP contribution in [-0.4, -0.2) is 15.9 Å². The SMILES string of the molecule is O=C(NCc1ncc[nH]1)C1CC=CC1. The van der Waals surface area contributed by atoms with Gasteiger partial charge in [0.05, 0.1) is 6.54 Å². The first kappa shape index (κ1) is 8.99. The third-order valence-corrected chi connectivity index (χ3v) is 2.36. The maximum atomic E-state index is 11.5. The molecular formula is C10H13N3O. The maximum Gasteiger partial charge on any atom is 0.224 e. The highest BCUT2D eigenvalue weighted by atomic mass is 16.1. The zero-order valence-electron chi connectivity index (χ0n) is 7.86. The normalized spacial score (nSPS) is 16.0. The van der Waals surface area contributed by atoms with Crippen LogP contribution < -0.4 is 5.32 Å². The quantitative estimate of drug-likeness (QED) is 0.700. The van der Waals surface area contributed by atoms with Crippen LogP contribution in [-0.2, 0) is 11.3 Å². The van der Waals surface area contributed by atoms with Gasteiger partial charge in [-0.3, -0.25) is 4.79 Å². The second-order valence-corrected chi connectivity index (χ2v) is 3.39. The van der Waals surface area contributed by atoms with E-state index in [1.165, 1.54) is 0 Å². The lowest BCUT2D eigenvalue weighted by molar-refractivity contribution is -0.124. The Kier molecular flexibility index (Phi) is 2.62. The van der Waals surface area contributed by atoms with Crippen molar-refractivity contribution in [3.8, 4) is 0 Å². The first-order valence-corrected chi connectivity index (χ1v) is 4.77. The molecule has 2 rings (SSSR count). The van der Waals surface area contributed by atoms with E-state index in [1.807, 2.05) is 0 Å². The fourth-order valence-corrected chi connectivity index (χ4v) is 1.54. The van der Waals surface area contributed by atoms with E-state index in [1.54, 1.807) is 12.4 Å². The van der Waals surface area contributed by atoms with Crippen LogP contribution in [0.2, 0.25) is 0 Å². The maximum absolute atomic E-state index is 11.5. The summed E-state index contributed by atoms with van der Waals surface area (Å²) in [5.41, 5.74) is 0. The molecule has 74 valence electrons. The number of hydrogen-bond donors (Lipinski definition) is 2. The molecule has 1 aromatic heterocycles. The first-order valence-electron chi connectivity index (χ1n) is 4.77. The van der Waals surface area contributed by atoms with Crippen LogP contribution in [0, 0.1) is 5.92 Å². The van der Waals surface area contributed by atoms with E-state index < -0.39 is 0 Å². The number of carbonyl (C=O) groups excluding carboxylic acids is 1. The number of carbonyl (C=O) groups is 1. The van der Waals surface area contributed by atoms with Crippen molar-refractivity contribution in [2.75, 3.05) is 0 Å². The lowest BCUT2D eigenvalue weighted by atomic mass is 10.1. The molecular weight excluding hydrogens is 178 g/mol. The molecule has 14 heavy (non-hydrogen) atoms. The van der Waals surface area contributed by atoms with Crippen LogP contribution in [0.15, 0.2) is 24.5 Å². The number of amides is 1. The van der Waals surface area contributed by atoms with E-state index in [2.05, 4.69) is 27.4 Å². The summed E-state index contributed by atoms with van der Waals surface area (Å²) in [5.74, 6) is 1.04. The Labute approximate surface area is 82.4 Å². The summed E-state index contributed by atoms with van der Waals surface area (Å²) in [7, 11) is 0. The van der Waals surface area contributed by atoms with Gasteiger partial charge in [0.25, 0.3) is 0 Å². The molecule has 0 radical (unpaired) electrons. The molecule has 0 aliphatic heterocycles. The summed E-state index contributed by atoms with van der Waals surface area (Å²) in [6.07, 6.45) is 9.26. The van der Waals surface area contributed by atoms with E-state index in [0.29, 0.717) is 6.54 Å². The summed E-state index contributed by atoms with van der Waals surface area (Å²) in [6, 6.07) is 0. The summed E-state index contributed by atoms with van der Waals surface area (Å²) >= 11 is 0. The van der Waals surface area contributed by atoms with Gasteiger partial charge in [0, 0.05) is 18.3 Å². The first-order chi connectivity index (χ1) is 6.86. The summed E-state index contributed by atoms with van der Waals surface area (Å²) in [4.78, 5) is 18.5. The van der Waals surface area contributed by atoms with Crippen molar-refractivity contribution in [3.63, 3.8) is 0 Å². The third-order valence-electron chi connectivity index (χ3n) is 2.36. The average molecular weight is 191 g/mol. The Morgan fingerprint density at radius 2 is 2.36 bits per heavy atom. The van der Waals surface area contributed by atoms with Crippen molar-refractivity contribution in [1.82, 2.24) is 15.3 Å². The van der Waals surface area contributed by atoms with Crippen LogP contribution in [0.3, 0.4) is 0 Å².